The largest absolute Gasteiger partial charge is 0.419 e. The average molecular weight is 252 g/mol. The normalized spacial score (nSPS) is 11.4. The van der Waals surface area contributed by atoms with Gasteiger partial charge in [0.15, 0.2) is 0 Å². The molecule has 0 spiro atoms. The van der Waals surface area contributed by atoms with Crippen molar-refractivity contribution in [3.05, 3.63) is 50.8 Å². The molecule has 1 N–H and O–H groups in total. The molecule has 0 aliphatic carbocycles. The highest BCUT2D eigenvalue weighted by Crippen LogP contribution is 2.13. The number of benzene rings is 1. The zero-order valence-corrected chi connectivity index (χ0v) is 9.66. The summed E-state index contributed by atoms with van der Waals surface area (Å²) in [7, 11) is 0. The van der Waals surface area contributed by atoms with Gasteiger partial charge in [0.2, 0.25) is 0 Å². The lowest BCUT2D eigenvalue weighted by Crippen LogP contribution is -2.15. The lowest BCUT2D eigenvalue weighted by atomic mass is 10.1. The third kappa shape index (κ3) is 2.47. The van der Waals surface area contributed by atoms with Gasteiger partial charge in [-0.2, -0.15) is 0 Å². The number of hydrogen-bond acceptors (Lipinski definition) is 3. The Kier molecular flexibility index (Phi) is 3.44. The minimum absolute atomic E-state index is 0.373. The molecular weight excluding hydrogens is 242 g/mol. The maximum atomic E-state index is 11.6. The number of aromatic nitrogens is 1. The molecule has 0 amide bonds. The molecule has 0 saturated carbocycles. The molecule has 0 aliphatic rings. The Labute approximate surface area is 102 Å². The van der Waals surface area contributed by atoms with E-state index < -0.39 is 11.4 Å². The summed E-state index contributed by atoms with van der Waals surface area (Å²) in [5.74, 6) is -0.225. The van der Waals surface area contributed by atoms with E-state index in [0.717, 1.165) is 0 Å². The fraction of sp³-hybridized carbons (Fsp3) is 0.167. The molecule has 5 heteroatoms. The van der Waals surface area contributed by atoms with Crippen molar-refractivity contribution in [2.24, 2.45) is 0 Å². The summed E-state index contributed by atoms with van der Waals surface area (Å²) in [5, 5.41) is 0.373. The van der Waals surface area contributed by atoms with Gasteiger partial charge in [-0.3, -0.25) is 4.98 Å². The van der Waals surface area contributed by atoms with Crippen LogP contribution in [0.15, 0.2) is 38.3 Å². The average Bonchev–Trinajstić information content (AvgIpc) is 2.28. The summed E-state index contributed by atoms with van der Waals surface area (Å²) in [6.45, 7) is 0. The third-order valence-electron chi connectivity index (χ3n) is 2.30. The Hall–Kier alpha value is -1.81. The van der Waals surface area contributed by atoms with Gasteiger partial charge in [-0.25, -0.2) is 9.59 Å². The number of hydrogen-bond donors (Lipinski definition) is 1. The Bertz CT molecular complexity index is 669. The van der Waals surface area contributed by atoms with Gasteiger partial charge >= 0.3 is 11.4 Å². The predicted molar refractivity (Wildman–Crippen MR) is 67.5 cm³/mol. The van der Waals surface area contributed by atoms with Gasteiger partial charge < -0.3 is 4.42 Å². The van der Waals surface area contributed by atoms with E-state index in [1.54, 1.807) is 24.3 Å². The molecule has 4 nitrogen and oxygen atoms in total. The third-order valence-corrected chi connectivity index (χ3v) is 2.51. The second-order valence-corrected chi connectivity index (χ2v) is 3.83. The summed E-state index contributed by atoms with van der Waals surface area (Å²) >= 11 is 5.56. The molecule has 2 aromatic rings. The second kappa shape index (κ2) is 5.01. The molecule has 0 atom stereocenters. The lowest BCUT2D eigenvalue weighted by Gasteiger charge is -1.99. The Morgan fingerprint density at radius 3 is 2.94 bits per heavy atom. The van der Waals surface area contributed by atoms with Crippen LogP contribution in [0.1, 0.15) is 12.0 Å². The number of H-pyrrole nitrogens is 1. The second-order valence-electron chi connectivity index (χ2n) is 3.45. The first-order chi connectivity index (χ1) is 8.22. The lowest BCUT2D eigenvalue weighted by molar-refractivity contribution is 0.460. The first-order valence-electron chi connectivity index (χ1n) is 5.11. The molecule has 1 heterocycles. The van der Waals surface area contributed by atoms with Crippen LogP contribution in [0.25, 0.3) is 17.0 Å². The van der Waals surface area contributed by atoms with Crippen molar-refractivity contribution in [3.63, 3.8) is 0 Å². The maximum Gasteiger partial charge on any atom is 0.419 e. The van der Waals surface area contributed by atoms with Crippen LogP contribution in [0.3, 0.4) is 0 Å². The van der Waals surface area contributed by atoms with E-state index in [9.17, 15) is 9.59 Å². The number of rotatable bonds is 3. The molecular formula is C12H10ClNO3. The molecule has 0 unspecified atom stereocenters. The Balaban J connectivity index is 2.65. The van der Waals surface area contributed by atoms with Crippen LogP contribution >= 0.6 is 11.6 Å². The molecule has 0 bridgehead atoms. The molecule has 0 radical (unpaired) electrons. The van der Waals surface area contributed by atoms with Gasteiger partial charge in [0.1, 0.15) is 0 Å². The smallest absolute Gasteiger partial charge is 0.372 e. The van der Waals surface area contributed by atoms with Crippen LogP contribution < -0.4 is 11.4 Å². The van der Waals surface area contributed by atoms with E-state index in [0.29, 0.717) is 28.8 Å². The summed E-state index contributed by atoms with van der Waals surface area (Å²) in [4.78, 5) is 25.1. The zero-order valence-electron chi connectivity index (χ0n) is 8.90. The Morgan fingerprint density at radius 2 is 2.18 bits per heavy atom. The molecule has 2 rings (SSSR count). The number of alkyl halides is 1. The molecule has 1 aromatic carbocycles. The summed E-state index contributed by atoms with van der Waals surface area (Å²) in [5.41, 5.74) is 0.548. The fourth-order valence-electron chi connectivity index (χ4n) is 1.59. The molecule has 1 aromatic heterocycles. The standard InChI is InChI=1S/C12H10ClNO3/c13-7-2-1-4-8-5-3-6-9-10(8)11(15)17-12(16)14-9/h1,3-6H,2,7H2,(H,14,16). The quantitative estimate of drug-likeness (QED) is 0.850. The predicted octanol–water partition coefficient (Wildman–Crippen LogP) is 2.12. The molecule has 17 heavy (non-hydrogen) atoms. The monoisotopic (exact) mass is 251 g/mol. The molecule has 0 aliphatic heterocycles. The first-order valence-corrected chi connectivity index (χ1v) is 5.64. The van der Waals surface area contributed by atoms with Crippen molar-refractivity contribution in [3.8, 4) is 0 Å². The molecule has 88 valence electrons. The maximum absolute atomic E-state index is 11.6. The Morgan fingerprint density at radius 1 is 1.35 bits per heavy atom. The summed E-state index contributed by atoms with van der Waals surface area (Å²) < 4.78 is 4.51. The van der Waals surface area contributed by atoms with Gasteiger partial charge in [-0.15, -0.1) is 11.6 Å². The number of allylic oxidation sites excluding steroid dienone is 1. The van der Waals surface area contributed by atoms with Crippen LogP contribution in [0.5, 0.6) is 0 Å². The minimum atomic E-state index is -0.746. The van der Waals surface area contributed by atoms with Crippen molar-refractivity contribution in [1.82, 2.24) is 4.98 Å². The first kappa shape index (κ1) is 11.7. The molecule has 0 fully saturated rings. The van der Waals surface area contributed by atoms with Crippen LogP contribution in [0, 0.1) is 0 Å². The van der Waals surface area contributed by atoms with E-state index in [1.165, 1.54) is 0 Å². The van der Waals surface area contributed by atoms with Crippen LogP contribution in [0.4, 0.5) is 0 Å². The van der Waals surface area contributed by atoms with E-state index in [4.69, 9.17) is 11.6 Å². The number of halogens is 1. The van der Waals surface area contributed by atoms with Gasteiger partial charge in [-0.1, -0.05) is 24.3 Å². The highest BCUT2D eigenvalue weighted by Gasteiger charge is 2.05. The van der Waals surface area contributed by atoms with Crippen molar-refractivity contribution >= 4 is 28.6 Å². The highest BCUT2D eigenvalue weighted by atomic mass is 35.5. The highest BCUT2D eigenvalue weighted by molar-refractivity contribution is 6.17. The van der Waals surface area contributed by atoms with Crippen LogP contribution in [-0.4, -0.2) is 10.9 Å². The van der Waals surface area contributed by atoms with Crippen molar-refractivity contribution < 1.29 is 4.42 Å². The summed E-state index contributed by atoms with van der Waals surface area (Å²) in [6, 6.07) is 5.20. The fourth-order valence-corrected chi connectivity index (χ4v) is 1.71. The van der Waals surface area contributed by atoms with E-state index >= 15 is 0 Å². The van der Waals surface area contributed by atoms with Crippen molar-refractivity contribution in [2.45, 2.75) is 6.42 Å². The number of nitrogens with one attached hydrogen (secondary N) is 1. The van der Waals surface area contributed by atoms with Gasteiger partial charge in [0.05, 0.1) is 10.9 Å². The summed E-state index contributed by atoms with van der Waals surface area (Å²) in [6.07, 6.45) is 4.37. The van der Waals surface area contributed by atoms with E-state index in [-0.39, 0.29) is 0 Å². The number of fused-ring (bicyclic) bond motifs is 1. The zero-order chi connectivity index (χ0) is 12.3. The van der Waals surface area contributed by atoms with Crippen molar-refractivity contribution in [2.75, 3.05) is 5.88 Å². The van der Waals surface area contributed by atoms with E-state index in [2.05, 4.69) is 9.40 Å². The minimum Gasteiger partial charge on any atom is -0.372 e. The SMILES string of the molecule is O=c1[nH]c2cccc(C=CCCCl)c2c(=O)o1. The van der Waals surface area contributed by atoms with Crippen LogP contribution in [0.2, 0.25) is 0 Å². The van der Waals surface area contributed by atoms with Crippen LogP contribution in [-0.2, 0) is 0 Å². The topological polar surface area (TPSA) is 63.1 Å². The van der Waals surface area contributed by atoms with Gasteiger partial charge in [0.25, 0.3) is 0 Å². The van der Waals surface area contributed by atoms with Gasteiger partial charge in [-0.05, 0) is 18.1 Å². The van der Waals surface area contributed by atoms with E-state index in [1.807, 2.05) is 6.08 Å². The molecule has 0 saturated heterocycles. The number of aromatic amines is 1. The van der Waals surface area contributed by atoms with Crippen molar-refractivity contribution in [1.29, 1.82) is 0 Å². The van der Waals surface area contributed by atoms with Gasteiger partial charge in [0, 0.05) is 5.88 Å².